The van der Waals surface area contributed by atoms with E-state index in [9.17, 15) is 8.42 Å². The molecule has 4 nitrogen and oxygen atoms in total. The lowest BCUT2D eigenvalue weighted by molar-refractivity contribution is 0.251. The Bertz CT molecular complexity index is 523. The first kappa shape index (κ1) is 17.2. The Morgan fingerprint density at radius 2 is 2.10 bits per heavy atom. The van der Waals surface area contributed by atoms with E-state index in [4.69, 9.17) is 11.6 Å². The molecule has 0 amide bonds. The Kier molecular flexibility index (Phi) is 6.08. The Labute approximate surface area is 136 Å². The van der Waals surface area contributed by atoms with Crippen LogP contribution in [0, 0.1) is 5.92 Å². The number of piperidine rings is 1. The molecule has 0 spiro atoms. The Morgan fingerprint density at radius 1 is 1.43 bits per heavy atom. The fourth-order valence-electron chi connectivity index (χ4n) is 2.53. The predicted octanol–water partition coefficient (Wildman–Crippen LogP) is 3.15. The van der Waals surface area contributed by atoms with Crippen molar-refractivity contribution in [2.75, 3.05) is 19.0 Å². The molecule has 2 rings (SSSR count). The largest absolute Gasteiger partial charge is 0.282 e. The molecule has 7 heteroatoms. The van der Waals surface area contributed by atoms with Gasteiger partial charge in [0.1, 0.15) is 0 Å². The first-order valence-corrected chi connectivity index (χ1v) is 10.1. The van der Waals surface area contributed by atoms with Crippen LogP contribution < -0.4 is 0 Å². The summed E-state index contributed by atoms with van der Waals surface area (Å²) >= 11 is 7.47. The van der Waals surface area contributed by atoms with Crippen LogP contribution in [0.3, 0.4) is 0 Å². The van der Waals surface area contributed by atoms with Crippen LogP contribution in [-0.2, 0) is 16.8 Å². The van der Waals surface area contributed by atoms with Crippen LogP contribution in [0.1, 0.15) is 31.6 Å². The van der Waals surface area contributed by atoms with Crippen LogP contribution in [0.4, 0.5) is 0 Å². The van der Waals surface area contributed by atoms with Gasteiger partial charge in [-0.15, -0.1) is 22.9 Å². The summed E-state index contributed by atoms with van der Waals surface area (Å²) in [7, 11) is -3.40. The van der Waals surface area contributed by atoms with Gasteiger partial charge in [-0.1, -0.05) is 6.07 Å². The van der Waals surface area contributed by atoms with E-state index in [2.05, 4.69) is 0 Å². The molecule has 0 unspecified atom stereocenters. The lowest BCUT2D eigenvalue weighted by atomic mass is 10.0. The highest BCUT2D eigenvalue weighted by Gasteiger charge is 2.34. The molecule has 0 bridgehead atoms. The van der Waals surface area contributed by atoms with E-state index in [1.807, 2.05) is 31.4 Å². The van der Waals surface area contributed by atoms with Crippen LogP contribution in [0.15, 0.2) is 17.5 Å². The van der Waals surface area contributed by atoms with Gasteiger partial charge in [-0.3, -0.25) is 0 Å². The zero-order valence-corrected chi connectivity index (χ0v) is 14.9. The normalized spacial score (nSPS) is 18.7. The molecular formula is C14H23ClN2O2S2. The Morgan fingerprint density at radius 3 is 2.57 bits per heavy atom. The summed E-state index contributed by atoms with van der Waals surface area (Å²) in [5, 5.41) is 1.98. The number of alkyl halides is 1. The monoisotopic (exact) mass is 350 g/mol. The van der Waals surface area contributed by atoms with E-state index < -0.39 is 10.2 Å². The van der Waals surface area contributed by atoms with E-state index in [1.165, 1.54) is 0 Å². The van der Waals surface area contributed by atoms with Crippen LogP contribution in [0.2, 0.25) is 0 Å². The maximum atomic E-state index is 12.9. The number of hydrogen-bond acceptors (Lipinski definition) is 3. The number of rotatable bonds is 6. The third kappa shape index (κ3) is 4.20. The molecule has 120 valence electrons. The summed E-state index contributed by atoms with van der Waals surface area (Å²) in [6.07, 6.45) is 1.71. The zero-order chi connectivity index (χ0) is 15.5. The third-order valence-corrected chi connectivity index (χ3v) is 7.34. The second-order valence-corrected chi connectivity index (χ2v) is 8.94. The number of nitrogens with zero attached hydrogens (tertiary/aromatic N) is 2. The highest BCUT2D eigenvalue weighted by molar-refractivity contribution is 7.86. The summed E-state index contributed by atoms with van der Waals surface area (Å²) < 4.78 is 29.0. The number of hydrogen-bond donors (Lipinski definition) is 0. The molecule has 0 atom stereocenters. The van der Waals surface area contributed by atoms with Crippen molar-refractivity contribution in [2.24, 2.45) is 5.92 Å². The maximum absolute atomic E-state index is 12.9. The van der Waals surface area contributed by atoms with Crippen molar-refractivity contribution >= 4 is 33.1 Å². The fraction of sp³-hybridized carbons (Fsp3) is 0.714. The van der Waals surface area contributed by atoms with Crippen molar-refractivity contribution < 1.29 is 8.42 Å². The Hall–Kier alpha value is -0.140. The molecule has 0 radical (unpaired) electrons. The van der Waals surface area contributed by atoms with Crippen molar-refractivity contribution in [3.63, 3.8) is 0 Å². The second-order valence-electron chi connectivity index (χ2n) is 5.72. The summed E-state index contributed by atoms with van der Waals surface area (Å²) in [6, 6.07) is 3.88. The highest BCUT2D eigenvalue weighted by Crippen LogP contribution is 2.25. The minimum absolute atomic E-state index is 0.0529. The van der Waals surface area contributed by atoms with Gasteiger partial charge in [-0.05, 0) is 44.1 Å². The van der Waals surface area contributed by atoms with Crippen LogP contribution in [0.25, 0.3) is 0 Å². The van der Waals surface area contributed by atoms with Crippen LogP contribution >= 0.6 is 22.9 Å². The number of thiophene rings is 1. The van der Waals surface area contributed by atoms with E-state index >= 15 is 0 Å². The van der Waals surface area contributed by atoms with Gasteiger partial charge >= 0.3 is 0 Å². The van der Waals surface area contributed by atoms with Crippen molar-refractivity contribution in [1.29, 1.82) is 0 Å². The molecule has 0 aromatic carbocycles. The average Bonchev–Trinajstić information content (AvgIpc) is 2.97. The summed E-state index contributed by atoms with van der Waals surface area (Å²) in [5.74, 6) is 1.07. The second kappa shape index (κ2) is 7.42. The van der Waals surface area contributed by atoms with Gasteiger partial charge in [0.05, 0.1) is 0 Å². The maximum Gasteiger partial charge on any atom is 0.282 e. The predicted molar refractivity (Wildman–Crippen MR) is 88.9 cm³/mol. The van der Waals surface area contributed by atoms with Gasteiger partial charge in [-0.2, -0.15) is 17.0 Å². The molecule has 1 aromatic heterocycles. The van der Waals surface area contributed by atoms with Crippen molar-refractivity contribution in [2.45, 2.75) is 39.3 Å². The minimum atomic E-state index is -3.40. The molecule has 0 saturated carbocycles. The first-order valence-electron chi connectivity index (χ1n) is 7.30. The van der Waals surface area contributed by atoms with Crippen molar-refractivity contribution in [1.82, 2.24) is 8.61 Å². The molecule has 1 aromatic rings. The smallest absolute Gasteiger partial charge is 0.195 e. The molecule has 2 heterocycles. The highest BCUT2D eigenvalue weighted by atomic mass is 35.5. The van der Waals surface area contributed by atoms with E-state index in [0.717, 1.165) is 17.7 Å². The van der Waals surface area contributed by atoms with Gasteiger partial charge in [0.15, 0.2) is 0 Å². The number of halogens is 1. The summed E-state index contributed by atoms with van der Waals surface area (Å²) in [6.45, 7) is 5.46. The quantitative estimate of drug-likeness (QED) is 0.739. The van der Waals surface area contributed by atoms with Crippen LogP contribution in [0.5, 0.6) is 0 Å². The molecule has 21 heavy (non-hydrogen) atoms. The molecule has 1 aliphatic rings. The average molecular weight is 351 g/mol. The summed E-state index contributed by atoms with van der Waals surface area (Å²) in [5.41, 5.74) is 0. The van der Waals surface area contributed by atoms with Crippen molar-refractivity contribution in [3.8, 4) is 0 Å². The molecular weight excluding hydrogens is 328 g/mol. The SMILES string of the molecule is CC(C)N(Cc1cccs1)S(=O)(=O)N1CCC(CCl)CC1. The molecule has 0 N–H and O–H groups in total. The topological polar surface area (TPSA) is 40.6 Å². The third-order valence-electron chi connectivity index (χ3n) is 3.88. The van der Waals surface area contributed by atoms with E-state index in [1.54, 1.807) is 19.9 Å². The molecule has 1 saturated heterocycles. The summed E-state index contributed by atoms with van der Waals surface area (Å²) in [4.78, 5) is 1.07. The lowest BCUT2D eigenvalue weighted by Gasteiger charge is -2.35. The van der Waals surface area contributed by atoms with Gasteiger partial charge in [0.2, 0.25) is 0 Å². The fourth-order valence-corrected chi connectivity index (χ4v) is 5.43. The lowest BCUT2D eigenvalue weighted by Crippen LogP contribution is -2.49. The van der Waals surface area contributed by atoms with Crippen LogP contribution in [-0.4, -0.2) is 42.0 Å². The van der Waals surface area contributed by atoms with Gasteiger partial charge in [0, 0.05) is 36.4 Å². The van der Waals surface area contributed by atoms with Crippen molar-refractivity contribution in [3.05, 3.63) is 22.4 Å². The Balaban J connectivity index is 2.11. The van der Waals surface area contributed by atoms with E-state index in [-0.39, 0.29) is 6.04 Å². The van der Waals surface area contributed by atoms with Gasteiger partial charge in [-0.25, -0.2) is 0 Å². The van der Waals surface area contributed by atoms with Gasteiger partial charge in [0.25, 0.3) is 10.2 Å². The minimum Gasteiger partial charge on any atom is -0.195 e. The standard InChI is InChI=1S/C14H23ClN2O2S2/c1-12(2)17(11-14-4-3-9-20-14)21(18,19)16-7-5-13(10-15)6-8-16/h3-4,9,12-13H,5-8,10-11H2,1-2H3. The molecule has 0 aliphatic carbocycles. The molecule has 1 fully saturated rings. The zero-order valence-electron chi connectivity index (χ0n) is 12.5. The first-order chi connectivity index (χ1) is 9.95. The van der Waals surface area contributed by atoms with Gasteiger partial charge < -0.3 is 0 Å². The molecule has 1 aliphatic heterocycles. The van der Waals surface area contributed by atoms with E-state index in [0.29, 0.717) is 31.4 Å².